The summed E-state index contributed by atoms with van der Waals surface area (Å²) in [4.78, 5) is 12.3. The quantitative estimate of drug-likeness (QED) is 0.831. The number of carbonyl (C=O) groups is 1. The van der Waals surface area contributed by atoms with Crippen molar-refractivity contribution in [2.24, 2.45) is 11.7 Å². The molecule has 3 N–H and O–H groups in total. The van der Waals surface area contributed by atoms with E-state index >= 15 is 0 Å². The van der Waals surface area contributed by atoms with Gasteiger partial charge in [-0.3, -0.25) is 4.79 Å². The number of nitrogens with one attached hydrogen (secondary N) is 1. The Hall–Kier alpha value is -1.42. The zero-order valence-corrected chi connectivity index (χ0v) is 11.8. The lowest BCUT2D eigenvalue weighted by Gasteiger charge is -2.21. The van der Waals surface area contributed by atoms with Crippen LogP contribution >= 0.6 is 12.2 Å². The Labute approximate surface area is 119 Å². The Kier molecular flexibility index (Phi) is 4.91. The molecule has 0 radical (unpaired) electrons. The number of carbonyl (C=O) groups excluding carboxylic acids is 1. The smallest absolute Gasteiger partial charge is 0.251 e. The lowest BCUT2D eigenvalue weighted by Crippen LogP contribution is -2.30. The first-order chi connectivity index (χ1) is 9.16. The molecule has 102 valence electrons. The molecule has 19 heavy (non-hydrogen) atoms. The Balaban J connectivity index is 1.86. The van der Waals surface area contributed by atoms with Crippen LogP contribution in [0.25, 0.3) is 0 Å². The van der Waals surface area contributed by atoms with Crippen LogP contribution in [0.3, 0.4) is 0 Å². The second-order valence-corrected chi connectivity index (χ2v) is 5.60. The summed E-state index contributed by atoms with van der Waals surface area (Å²) in [5, 5.41) is 3.01. The summed E-state index contributed by atoms with van der Waals surface area (Å²) in [7, 11) is 0. The van der Waals surface area contributed by atoms with Gasteiger partial charge in [-0.15, -0.1) is 0 Å². The average Bonchev–Trinajstić information content (AvgIpc) is 2.46. The summed E-state index contributed by atoms with van der Waals surface area (Å²) >= 11 is 4.88. The highest BCUT2D eigenvalue weighted by atomic mass is 32.1. The van der Waals surface area contributed by atoms with Gasteiger partial charge in [0.05, 0.1) is 0 Å². The molecule has 4 heteroatoms. The molecule has 1 aromatic rings. The van der Waals surface area contributed by atoms with Crippen LogP contribution < -0.4 is 11.1 Å². The first kappa shape index (κ1) is 14.0. The van der Waals surface area contributed by atoms with Crippen LogP contribution in [0.2, 0.25) is 0 Å². The zero-order chi connectivity index (χ0) is 13.7. The van der Waals surface area contributed by atoms with E-state index in [4.69, 9.17) is 18.0 Å². The summed E-state index contributed by atoms with van der Waals surface area (Å²) in [6.07, 6.45) is 6.40. The molecule has 0 heterocycles. The van der Waals surface area contributed by atoms with Crippen molar-refractivity contribution in [1.82, 2.24) is 5.32 Å². The highest BCUT2D eigenvalue weighted by Crippen LogP contribution is 2.22. The Morgan fingerprint density at radius 1 is 1.16 bits per heavy atom. The second kappa shape index (κ2) is 6.66. The fourth-order valence-electron chi connectivity index (χ4n) is 2.52. The van der Waals surface area contributed by atoms with Gasteiger partial charge in [0, 0.05) is 17.7 Å². The van der Waals surface area contributed by atoms with Crippen LogP contribution in [-0.2, 0) is 0 Å². The van der Waals surface area contributed by atoms with Crippen molar-refractivity contribution in [3.8, 4) is 0 Å². The molecule has 0 atom stereocenters. The predicted octanol–water partition coefficient (Wildman–Crippen LogP) is 2.63. The van der Waals surface area contributed by atoms with Crippen LogP contribution in [-0.4, -0.2) is 17.4 Å². The van der Waals surface area contributed by atoms with Crippen LogP contribution in [0.15, 0.2) is 24.3 Å². The van der Waals surface area contributed by atoms with Crippen molar-refractivity contribution in [2.75, 3.05) is 6.54 Å². The fourth-order valence-corrected chi connectivity index (χ4v) is 2.65. The average molecular weight is 276 g/mol. The van der Waals surface area contributed by atoms with E-state index in [9.17, 15) is 4.79 Å². The fraction of sp³-hybridized carbons (Fsp3) is 0.467. The first-order valence-corrected chi connectivity index (χ1v) is 7.25. The molecule has 1 aliphatic rings. The molecule has 1 saturated carbocycles. The monoisotopic (exact) mass is 276 g/mol. The predicted molar refractivity (Wildman–Crippen MR) is 81.2 cm³/mol. The van der Waals surface area contributed by atoms with E-state index in [1.54, 1.807) is 24.3 Å². The molecule has 1 amide bonds. The summed E-state index contributed by atoms with van der Waals surface area (Å²) in [5.74, 6) is 0.633. The van der Waals surface area contributed by atoms with Crippen LogP contribution in [0, 0.1) is 5.92 Å². The standard InChI is InChI=1S/C15H20N2OS/c16-14(19)12-6-8-13(9-7-12)15(18)17-10-11-4-2-1-3-5-11/h6-9,11H,1-5,10H2,(H2,16,19)(H,17,18). The van der Waals surface area contributed by atoms with E-state index in [0.29, 0.717) is 16.5 Å². The molecule has 3 nitrogen and oxygen atoms in total. The minimum absolute atomic E-state index is 0.0138. The van der Waals surface area contributed by atoms with Gasteiger partial charge in [-0.25, -0.2) is 0 Å². The zero-order valence-electron chi connectivity index (χ0n) is 11.0. The molecular formula is C15H20N2OS. The molecule has 0 aliphatic heterocycles. The van der Waals surface area contributed by atoms with E-state index in [1.807, 2.05) is 0 Å². The van der Waals surface area contributed by atoms with Crippen molar-refractivity contribution < 1.29 is 4.79 Å². The van der Waals surface area contributed by atoms with E-state index in [2.05, 4.69) is 5.32 Å². The number of hydrogen-bond acceptors (Lipinski definition) is 2. The minimum Gasteiger partial charge on any atom is -0.389 e. The third kappa shape index (κ3) is 4.03. The number of hydrogen-bond donors (Lipinski definition) is 2. The van der Waals surface area contributed by atoms with Gasteiger partial charge in [-0.2, -0.15) is 0 Å². The van der Waals surface area contributed by atoms with E-state index < -0.39 is 0 Å². The van der Waals surface area contributed by atoms with Gasteiger partial charge in [0.15, 0.2) is 0 Å². The van der Waals surface area contributed by atoms with Crippen molar-refractivity contribution >= 4 is 23.1 Å². The Morgan fingerprint density at radius 3 is 2.32 bits per heavy atom. The molecule has 1 aromatic carbocycles. The van der Waals surface area contributed by atoms with Crippen molar-refractivity contribution in [3.05, 3.63) is 35.4 Å². The van der Waals surface area contributed by atoms with Crippen LogP contribution in [0.4, 0.5) is 0 Å². The molecule has 1 aliphatic carbocycles. The summed E-state index contributed by atoms with van der Waals surface area (Å²) in [6.45, 7) is 0.788. The molecule has 1 fully saturated rings. The largest absolute Gasteiger partial charge is 0.389 e. The molecule has 0 saturated heterocycles. The van der Waals surface area contributed by atoms with Crippen molar-refractivity contribution in [3.63, 3.8) is 0 Å². The lowest BCUT2D eigenvalue weighted by molar-refractivity contribution is 0.0943. The lowest BCUT2D eigenvalue weighted by atomic mass is 9.89. The number of thiocarbonyl (C=S) groups is 1. The number of amides is 1. The first-order valence-electron chi connectivity index (χ1n) is 6.85. The minimum atomic E-state index is -0.0138. The normalized spacial score (nSPS) is 16.0. The summed E-state index contributed by atoms with van der Waals surface area (Å²) < 4.78 is 0. The van der Waals surface area contributed by atoms with Crippen LogP contribution in [0.5, 0.6) is 0 Å². The molecule has 2 rings (SSSR count). The Morgan fingerprint density at radius 2 is 1.74 bits per heavy atom. The van der Waals surface area contributed by atoms with Gasteiger partial charge in [-0.05, 0) is 30.9 Å². The second-order valence-electron chi connectivity index (χ2n) is 5.16. The van der Waals surface area contributed by atoms with Gasteiger partial charge in [0.1, 0.15) is 4.99 Å². The summed E-state index contributed by atoms with van der Waals surface area (Å²) in [6, 6.07) is 7.12. The maximum Gasteiger partial charge on any atom is 0.251 e. The van der Waals surface area contributed by atoms with E-state index in [0.717, 1.165) is 12.1 Å². The third-order valence-corrected chi connectivity index (χ3v) is 3.94. The van der Waals surface area contributed by atoms with Crippen molar-refractivity contribution in [2.45, 2.75) is 32.1 Å². The molecule has 0 spiro atoms. The number of rotatable bonds is 4. The maximum atomic E-state index is 12.0. The number of nitrogens with two attached hydrogens (primary N) is 1. The van der Waals surface area contributed by atoms with Gasteiger partial charge in [-0.1, -0.05) is 43.6 Å². The SMILES string of the molecule is NC(=S)c1ccc(C(=O)NCC2CCCCC2)cc1. The Bertz CT molecular complexity index is 450. The molecule has 0 aromatic heterocycles. The van der Waals surface area contributed by atoms with Crippen molar-refractivity contribution in [1.29, 1.82) is 0 Å². The summed E-state index contributed by atoms with van der Waals surface area (Å²) in [5.41, 5.74) is 6.98. The molecular weight excluding hydrogens is 256 g/mol. The maximum absolute atomic E-state index is 12.0. The molecule has 0 bridgehead atoms. The third-order valence-electron chi connectivity index (χ3n) is 3.71. The highest BCUT2D eigenvalue weighted by molar-refractivity contribution is 7.80. The van der Waals surface area contributed by atoms with Gasteiger partial charge >= 0.3 is 0 Å². The topological polar surface area (TPSA) is 55.1 Å². The highest BCUT2D eigenvalue weighted by Gasteiger charge is 2.14. The van der Waals surface area contributed by atoms with Gasteiger partial charge in [0.2, 0.25) is 0 Å². The van der Waals surface area contributed by atoms with Gasteiger partial charge < -0.3 is 11.1 Å². The van der Waals surface area contributed by atoms with E-state index in [1.165, 1.54) is 32.1 Å². The van der Waals surface area contributed by atoms with E-state index in [-0.39, 0.29) is 5.91 Å². The number of benzene rings is 1. The van der Waals surface area contributed by atoms with Gasteiger partial charge in [0.25, 0.3) is 5.91 Å². The van der Waals surface area contributed by atoms with Crippen LogP contribution in [0.1, 0.15) is 48.0 Å². The molecule has 0 unspecified atom stereocenters.